The molecule has 0 bridgehead atoms. The highest BCUT2D eigenvalue weighted by atomic mass is 32.2. The van der Waals surface area contributed by atoms with Gasteiger partial charge < -0.3 is 15.4 Å². The summed E-state index contributed by atoms with van der Waals surface area (Å²) in [7, 11) is 1.89. The topological polar surface area (TPSA) is 96.6 Å². The standard InChI is InChI=1S/C22H23N5O2S/c1-4-16-17(12-23)22(30-19(20(24)28)14-8-6-5-7-9-14)26-21(18(16)25-2)27(3)15-10-11-29-13-15/h5-9,15,19H,4,10-11,13H2,1,3H3,(H2,24,28)/t15-,19-/m1/s1. The Kier molecular flexibility index (Phi) is 6.94. The highest BCUT2D eigenvalue weighted by Gasteiger charge is 2.29. The number of hydrogen-bond acceptors (Lipinski definition) is 6. The van der Waals surface area contributed by atoms with Crippen LogP contribution in [0.4, 0.5) is 11.5 Å². The number of ether oxygens (including phenoxy) is 1. The molecular weight excluding hydrogens is 398 g/mol. The second-order valence-corrected chi connectivity index (χ2v) is 8.05. The van der Waals surface area contributed by atoms with Crippen LogP contribution >= 0.6 is 11.8 Å². The molecule has 2 N–H and O–H groups in total. The summed E-state index contributed by atoms with van der Waals surface area (Å²) in [6.45, 7) is 10.9. The predicted molar refractivity (Wildman–Crippen MR) is 116 cm³/mol. The van der Waals surface area contributed by atoms with Gasteiger partial charge in [-0.2, -0.15) is 5.26 Å². The van der Waals surface area contributed by atoms with Gasteiger partial charge in [-0.1, -0.05) is 49.0 Å². The molecule has 7 nitrogen and oxygen atoms in total. The second-order valence-electron chi connectivity index (χ2n) is 6.96. The fourth-order valence-corrected chi connectivity index (χ4v) is 4.58. The number of primary amides is 1. The first kappa shape index (κ1) is 21.6. The van der Waals surface area contributed by atoms with Crippen molar-refractivity contribution in [3.05, 3.63) is 58.4 Å². The predicted octanol–water partition coefficient (Wildman–Crippen LogP) is 3.61. The number of nitriles is 1. The molecular formula is C22H23N5O2S. The number of benzene rings is 1. The van der Waals surface area contributed by atoms with Crippen LogP contribution in [0, 0.1) is 17.9 Å². The molecule has 0 radical (unpaired) electrons. The van der Waals surface area contributed by atoms with E-state index < -0.39 is 11.2 Å². The van der Waals surface area contributed by atoms with Crippen molar-refractivity contribution >= 4 is 29.2 Å². The lowest BCUT2D eigenvalue weighted by atomic mass is 10.1. The molecule has 2 aromatic rings. The Morgan fingerprint density at radius 2 is 2.23 bits per heavy atom. The second kappa shape index (κ2) is 9.62. The van der Waals surface area contributed by atoms with Crippen molar-refractivity contribution in [1.82, 2.24) is 4.98 Å². The van der Waals surface area contributed by atoms with Gasteiger partial charge in [-0.25, -0.2) is 9.83 Å². The summed E-state index contributed by atoms with van der Waals surface area (Å²) in [4.78, 5) is 22.6. The quantitative estimate of drug-likeness (QED) is 0.542. The number of carbonyl (C=O) groups excluding carboxylic acids is 1. The molecule has 1 fully saturated rings. The van der Waals surface area contributed by atoms with Gasteiger partial charge in [-0.3, -0.25) is 4.79 Å². The fraction of sp³-hybridized carbons (Fsp3) is 0.364. The average Bonchev–Trinajstić information content (AvgIpc) is 3.31. The van der Waals surface area contributed by atoms with Crippen LogP contribution in [0.2, 0.25) is 0 Å². The number of rotatable bonds is 7. The molecule has 2 atom stereocenters. The Bertz CT molecular complexity index is 1010. The zero-order valence-electron chi connectivity index (χ0n) is 17.0. The van der Waals surface area contributed by atoms with Gasteiger partial charge in [0.1, 0.15) is 22.2 Å². The van der Waals surface area contributed by atoms with Crippen molar-refractivity contribution in [2.24, 2.45) is 5.73 Å². The molecule has 3 rings (SSSR count). The van der Waals surface area contributed by atoms with E-state index in [1.165, 1.54) is 0 Å². The number of pyridine rings is 1. The molecule has 0 unspecified atom stereocenters. The number of thioether (sulfide) groups is 1. The van der Waals surface area contributed by atoms with Crippen molar-refractivity contribution in [2.45, 2.75) is 36.1 Å². The van der Waals surface area contributed by atoms with Gasteiger partial charge in [0, 0.05) is 13.7 Å². The van der Waals surface area contributed by atoms with Crippen LogP contribution in [0.25, 0.3) is 4.85 Å². The van der Waals surface area contributed by atoms with E-state index in [1.807, 2.05) is 49.2 Å². The van der Waals surface area contributed by atoms with Crippen molar-refractivity contribution < 1.29 is 9.53 Å². The van der Waals surface area contributed by atoms with Crippen LogP contribution in [0.3, 0.4) is 0 Å². The lowest BCUT2D eigenvalue weighted by Crippen LogP contribution is -2.33. The van der Waals surface area contributed by atoms with Crippen molar-refractivity contribution in [3.8, 4) is 6.07 Å². The molecule has 1 saturated heterocycles. The van der Waals surface area contributed by atoms with E-state index in [0.29, 0.717) is 47.3 Å². The van der Waals surface area contributed by atoms with Crippen molar-refractivity contribution in [3.63, 3.8) is 0 Å². The maximum absolute atomic E-state index is 12.2. The zero-order valence-corrected chi connectivity index (χ0v) is 17.8. The molecule has 0 spiro atoms. The van der Waals surface area contributed by atoms with E-state index in [4.69, 9.17) is 22.0 Å². The van der Waals surface area contributed by atoms with Crippen LogP contribution in [-0.4, -0.2) is 37.2 Å². The number of likely N-dealkylation sites (N-methyl/N-ethyl adjacent to an activating group) is 1. The molecule has 0 saturated carbocycles. The first-order valence-electron chi connectivity index (χ1n) is 9.67. The minimum atomic E-state index is -0.692. The minimum absolute atomic E-state index is 0.106. The highest BCUT2D eigenvalue weighted by Crippen LogP contribution is 2.42. The summed E-state index contributed by atoms with van der Waals surface area (Å²) < 4.78 is 5.49. The van der Waals surface area contributed by atoms with E-state index in [2.05, 4.69) is 10.9 Å². The van der Waals surface area contributed by atoms with Crippen molar-refractivity contribution in [2.75, 3.05) is 25.2 Å². The summed E-state index contributed by atoms with van der Waals surface area (Å²) in [5.41, 5.74) is 7.78. The van der Waals surface area contributed by atoms with E-state index in [1.54, 1.807) is 0 Å². The van der Waals surface area contributed by atoms with Crippen LogP contribution in [-0.2, 0) is 16.0 Å². The first-order chi connectivity index (χ1) is 14.5. The largest absolute Gasteiger partial charge is 0.379 e. The van der Waals surface area contributed by atoms with Gasteiger partial charge in [-0.05, 0) is 24.0 Å². The fourth-order valence-electron chi connectivity index (χ4n) is 3.53. The molecule has 1 aliphatic rings. The minimum Gasteiger partial charge on any atom is -0.379 e. The summed E-state index contributed by atoms with van der Waals surface area (Å²) in [6, 6.07) is 11.5. The Hall–Kier alpha value is -3.07. The number of carbonyl (C=O) groups is 1. The molecule has 154 valence electrons. The number of nitrogens with two attached hydrogens (primary N) is 1. The number of nitrogens with zero attached hydrogens (tertiary/aromatic N) is 4. The van der Waals surface area contributed by atoms with Crippen LogP contribution < -0.4 is 10.6 Å². The lowest BCUT2D eigenvalue weighted by Gasteiger charge is -2.27. The van der Waals surface area contributed by atoms with E-state index >= 15 is 0 Å². The molecule has 1 aromatic heterocycles. The Labute approximate surface area is 180 Å². The third-order valence-electron chi connectivity index (χ3n) is 5.18. The number of hydrogen-bond donors (Lipinski definition) is 1. The summed E-state index contributed by atoms with van der Waals surface area (Å²) in [5.74, 6) is -0.00146. The van der Waals surface area contributed by atoms with E-state index in [0.717, 1.165) is 23.7 Å². The molecule has 0 aliphatic carbocycles. The monoisotopic (exact) mass is 421 g/mol. The molecule has 1 aromatic carbocycles. The van der Waals surface area contributed by atoms with Crippen LogP contribution in [0.5, 0.6) is 0 Å². The Morgan fingerprint density at radius 3 is 2.77 bits per heavy atom. The van der Waals surface area contributed by atoms with Gasteiger partial charge in [0.25, 0.3) is 0 Å². The smallest absolute Gasteiger partial charge is 0.235 e. The lowest BCUT2D eigenvalue weighted by molar-refractivity contribution is -0.117. The average molecular weight is 422 g/mol. The van der Waals surface area contributed by atoms with Gasteiger partial charge in [-0.15, -0.1) is 0 Å². The van der Waals surface area contributed by atoms with Gasteiger partial charge >= 0.3 is 0 Å². The van der Waals surface area contributed by atoms with E-state index in [-0.39, 0.29) is 6.04 Å². The molecule has 2 heterocycles. The normalized spacial score (nSPS) is 16.5. The van der Waals surface area contributed by atoms with E-state index in [9.17, 15) is 10.1 Å². The number of aromatic nitrogens is 1. The highest BCUT2D eigenvalue weighted by molar-refractivity contribution is 8.00. The SMILES string of the molecule is [C-]#[N+]c1c(N(C)[C@@H]2CCOC2)nc(S[C@@H](C(N)=O)c2ccccc2)c(C#N)c1CC. The maximum atomic E-state index is 12.2. The Balaban J connectivity index is 2.13. The van der Waals surface area contributed by atoms with Gasteiger partial charge in [0.05, 0.1) is 24.8 Å². The number of amides is 1. The Morgan fingerprint density at radius 1 is 1.50 bits per heavy atom. The van der Waals surface area contributed by atoms with Gasteiger partial charge in [0.2, 0.25) is 11.6 Å². The molecule has 1 amide bonds. The first-order valence-corrected chi connectivity index (χ1v) is 10.6. The molecule has 1 aliphatic heterocycles. The summed E-state index contributed by atoms with van der Waals surface area (Å²) >= 11 is 1.15. The van der Waals surface area contributed by atoms with Crippen molar-refractivity contribution in [1.29, 1.82) is 5.26 Å². The molecule has 30 heavy (non-hydrogen) atoms. The van der Waals surface area contributed by atoms with Crippen LogP contribution in [0.15, 0.2) is 35.4 Å². The van der Waals surface area contributed by atoms with Crippen LogP contribution in [0.1, 0.15) is 35.3 Å². The maximum Gasteiger partial charge on any atom is 0.235 e. The third kappa shape index (κ3) is 4.25. The zero-order chi connectivity index (χ0) is 21.7. The third-order valence-corrected chi connectivity index (χ3v) is 6.43. The summed E-state index contributed by atoms with van der Waals surface area (Å²) in [5, 5.41) is 9.58. The molecule has 8 heteroatoms. The van der Waals surface area contributed by atoms with Gasteiger partial charge in [0.15, 0.2) is 0 Å². The number of anilines is 1. The summed E-state index contributed by atoms with van der Waals surface area (Å²) in [6.07, 6.45) is 1.35.